The lowest BCUT2D eigenvalue weighted by Crippen LogP contribution is -2.17. The second kappa shape index (κ2) is 5.26. The molecule has 1 aliphatic carbocycles. The maximum atomic E-state index is 11.4. The zero-order valence-corrected chi connectivity index (χ0v) is 10.6. The first kappa shape index (κ1) is 13.3. The van der Waals surface area contributed by atoms with Crippen molar-refractivity contribution >= 4 is 17.3 Å². The van der Waals surface area contributed by atoms with E-state index in [1.54, 1.807) is 0 Å². The van der Waals surface area contributed by atoms with Gasteiger partial charge in [0.2, 0.25) is 0 Å². The van der Waals surface area contributed by atoms with Crippen LogP contribution in [0.25, 0.3) is 0 Å². The fraction of sp³-hybridized carbons (Fsp3) is 0.462. The normalized spacial score (nSPS) is 16.2. The van der Waals surface area contributed by atoms with Crippen LogP contribution in [0.15, 0.2) is 12.1 Å². The highest BCUT2D eigenvalue weighted by Gasteiger charge is 2.24. The molecule has 2 rings (SSSR count). The maximum Gasteiger partial charge on any atom is 0.270 e. The van der Waals surface area contributed by atoms with Gasteiger partial charge in [0.25, 0.3) is 11.6 Å². The standard InChI is InChI=1S/C13H17N3O3/c14-12-10(8-4-2-1-3-5-8)6-9(16(18)19)7-11(12)13(15)17/h6-8H,1-5,14H2,(H2,15,17). The van der Waals surface area contributed by atoms with Gasteiger partial charge in [-0.05, 0) is 24.3 Å². The van der Waals surface area contributed by atoms with Crippen LogP contribution in [0.3, 0.4) is 0 Å². The van der Waals surface area contributed by atoms with Gasteiger partial charge in [-0.1, -0.05) is 19.3 Å². The summed E-state index contributed by atoms with van der Waals surface area (Å²) < 4.78 is 0. The number of benzene rings is 1. The van der Waals surface area contributed by atoms with E-state index < -0.39 is 10.8 Å². The molecule has 0 aromatic heterocycles. The molecule has 0 heterocycles. The number of nitro benzene ring substituents is 1. The van der Waals surface area contributed by atoms with Gasteiger partial charge in [-0.3, -0.25) is 14.9 Å². The van der Waals surface area contributed by atoms with E-state index in [1.807, 2.05) is 0 Å². The highest BCUT2D eigenvalue weighted by molar-refractivity contribution is 5.99. The minimum Gasteiger partial charge on any atom is -0.398 e. The number of hydrogen-bond donors (Lipinski definition) is 2. The zero-order valence-electron chi connectivity index (χ0n) is 10.6. The highest BCUT2D eigenvalue weighted by atomic mass is 16.6. The third-order valence-corrected chi connectivity index (χ3v) is 3.72. The number of rotatable bonds is 3. The van der Waals surface area contributed by atoms with Crippen molar-refractivity contribution in [2.75, 3.05) is 5.73 Å². The Labute approximate surface area is 110 Å². The van der Waals surface area contributed by atoms with E-state index in [0.717, 1.165) is 31.7 Å². The van der Waals surface area contributed by atoms with Crippen LogP contribution in [0.2, 0.25) is 0 Å². The maximum absolute atomic E-state index is 11.4. The van der Waals surface area contributed by atoms with E-state index in [4.69, 9.17) is 11.5 Å². The first-order valence-electron chi connectivity index (χ1n) is 6.38. The lowest BCUT2D eigenvalue weighted by molar-refractivity contribution is -0.384. The van der Waals surface area contributed by atoms with Crippen LogP contribution in [-0.2, 0) is 0 Å². The molecule has 0 aliphatic heterocycles. The first-order valence-corrected chi connectivity index (χ1v) is 6.38. The summed E-state index contributed by atoms with van der Waals surface area (Å²) in [5.41, 5.74) is 12.1. The molecule has 1 aliphatic rings. The van der Waals surface area contributed by atoms with Gasteiger partial charge >= 0.3 is 0 Å². The van der Waals surface area contributed by atoms with Gasteiger partial charge < -0.3 is 11.5 Å². The Balaban J connectivity index is 2.51. The molecule has 4 N–H and O–H groups in total. The van der Waals surface area contributed by atoms with E-state index in [0.29, 0.717) is 11.3 Å². The summed E-state index contributed by atoms with van der Waals surface area (Å²) in [6.45, 7) is 0. The van der Waals surface area contributed by atoms with Crippen molar-refractivity contribution in [3.8, 4) is 0 Å². The molecule has 0 spiro atoms. The summed E-state index contributed by atoms with van der Waals surface area (Å²) in [5, 5.41) is 10.9. The third kappa shape index (κ3) is 2.67. The molecule has 102 valence electrons. The number of carbonyl (C=O) groups is 1. The van der Waals surface area contributed by atoms with E-state index in [9.17, 15) is 14.9 Å². The molecule has 1 aromatic carbocycles. The number of primary amides is 1. The minimum absolute atomic E-state index is 0.0507. The average molecular weight is 263 g/mol. The number of anilines is 1. The summed E-state index contributed by atoms with van der Waals surface area (Å²) in [4.78, 5) is 21.8. The Morgan fingerprint density at radius 1 is 1.26 bits per heavy atom. The van der Waals surface area contributed by atoms with Gasteiger partial charge in [-0.15, -0.1) is 0 Å². The third-order valence-electron chi connectivity index (χ3n) is 3.72. The van der Waals surface area contributed by atoms with E-state index >= 15 is 0 Å². The van der Waals surface area contributed by atoms with Gasteiger partial charge in [0.05, 0.1) is 10.5 Å². The molecule has 6 nitrogen and oxygen atoms in total. The number of carbonyl (C=O) groups excluding carboxylic acids is 1. The Morgan fingerprint density at radius 2 is 1.89 bits per heavy atom. The molecule has 1 aromatic rings. The van der Waals surface area contributed by atoms with Crippen molar-refractivity contribution in [2.45, 2.75) is 38.0 Å². The molecule has 0 bridgehead atoms. The summed E-state index contributed by atoms with van der Waals surface area (Å²) in [5.74, 6) is -0.537. The number of nitro groups is 1. The van der Waals surface area contributed by atoms with Crippen molar-refractivity contribution in [3.05, 3.63) is 33.4 Å². The van der Waals surface area contributed by atoms with Crippen LogP contribution in [0.4, 0.5) is 11.4 Å². The molecule has 19 heavy (non-hydrogen) atoms. The topological polar surface area (TPSA) is 112 Å². The van der Waals surface area contributed by atoms with Crippen molar-refractivity contribution in [3.63, 3.8) is 0 Å². The summed E-state index contributed by atoms with van der Waals surface area (Å²) >= 11 is 0. The molecule has 1 saturated carbocycles. The Bertz CT molecular complexity index is 522. The lowest BCUT2D eigenvalue weighted by Gasteiger charge is -2.23. The molecular formula is C13H17N3O3. The quantitative estimate of drug-likeness (QED) is 0.495. The lowest BCUT2D eigenvalue weighted by atomic mass is 9.82. The molecule has 6 heteroatoms. The predicted octanol–water partition coefficient (Wildman–Crippen LogP) is 2.32. The minimum atomic E-state index is -0.724. The van der Waals surface area contributed by atoms with Crippen LogP contribution in [0.1, 0.15) is 53.9 Å². The second-order valence-electron chi connectivity index (χ2n) is 4.95. The largest absolute Gasteiger partial charge is 0.398 e. The number of nitrogens with zero attached hydrogens (tertiary/aromatic N) is 1. The van der Waals surface area contributed by atoms with Crippen LogP contribution >= 0.6 is 0 Å². The van der Waals surface area contributed by atoms with Crippen molar-refractivity contribution < 1.29 is 9.72 Å². The average Bonchev–Trinajstić information content (AvgIpc) is 2.39. The molecule has 0 unspecified atom stereocenters. The number of amides is 1. The molecule has 1 amide bonds. The second-order valence-corrected chi connectivity index (χ2v) is 4.95. The van der Waals surface area contributed by atoms with Gasteiger partial charge in [-0.25, -0.2) is 0 Å². The first-order chi connectivity index (χ1) is 9.00. The molecule has 1 fully saturated rings. The Kier molecular flexibility index (Phi) is 3.69. The Morgan fingerprint density at radius 3 is 2.42 bits per heavy atom. The molecular weight excluding hydrogens is 246 g/mol. The highest BCUT2D eigenvalue weighted by Crippen LogP contribution is 2.38. The number of nitrogen functional groups attached to an aromatic ring is 1. The van der Waals surface area contributed by atoms with Gasteiger partial charge in [-0.2, -0.15) is 0 Å². The Hall–Kier alpha value is -2.11. The number of non-ortho nitro benzene ring substituents is 1. The molecule has 0 atom stereocenters. The fourth-order valence-corrected chi connectivity index (χ4v) is 2.72. The van der Waals surface area contributed by atoms with E-state index in [-0.39, 0.29) is 17.2 Å². The van der Waals surface area contributed by atoms with Gasteiger partial charge in [0.15, 0.2) is 0 Å². The van der Waals surface area contributed by atoms with E-state index in [1.165, 1.54) is 12.5 Å². The SMILES string of the molecule is NC(=O)c1cc([N+](=O)[O-])cc(C2CCCCC2)c1N. The van der Waals surface area contributed by atoms with Crippen molar-refractivity contribution in [2.24, 2.45) is 5.73 Å². The number of nitrogens with two attached hydrogens (primary N) is 2. The predicted molar refractivity (Wildman–Crippen MR) is 71.9 cm³/mol. The van der Waals surface area contributed by atoms with Crippen molar-refractivity contribution in [1.82, 2.24) is 0 Å². The van der Waals surface area contributed by atoms with E-state index in [2.05, 4.69) is 0 Å². The smallest absolute Gasteiger partial charge is 0.270 e. The van der Waals surface area contributed by atoms with Crippen LogP contribution in [0, 0.1) is 10.1 Å². The summed E-state index contributed by atoms with van der Waals surface area (Å²) in [7, 11) is 0. The van der Waals surface area contributed by atoms with Gasteiger partial charge in [0, 0.05) is 17.8 Å². The zero-order chi connectivity index (χ0) is 14.0. The summed E-state index contributed by atoms with van der Waals surface area (Å²) in [6.07, 6.45) is 5.23. The van der Waals surface area contributed by atoms with Crippen LogP contribution < -0.4 is 11.5 Å². The van der Waals surface area contributed by atoms with Crippen molar-refractivity contribution in [1.29, 1.82) is 0 Å². The van der Waals surface area contributed by atoms with Gasteiger partial charge in [0.1, 0.15) is 0 Å². The molecule has 0 radical (unpaired) electrons. The monoisotopic (exact) mass is 263 g/mol. The fourth-order valence-electron chi connectivity index (χ4n) is 2.72. The molecule has 0 saturated heterocycles. The number of hydrogen-bond acceptors (Lipinski definition) is 4. The van der Waals surface area contributed by atoms with Crippen LogP contribution in [-0.4, -0.2) is 10.8 Å². The summed E-state index contributed by atoms with van der Waals surface area (Å²) in [6, 6.07) is 2.64. The van der Waals surface area contributed by atoms with Crippen LogP contribution in [0.5, 0.6) is 0 Å².